The molecule has 40 heteroatoms. The topological polar surface area (TPSA) is 590 Å². The van der Waals surface area contributed by atoms with Gasteiger partial charge in [-0.15, -0.1) is 0 Å². The summed E-state index contributed by atoms with van der Waals surface area (Å²) in [6.07, 6.45) is -2.99. The number of benzene rings is 2. The third kappa shape index (κ3) is 28.7. The van der Waals surface area contributed by atoms with E-state index in [-0.39, 0.29) is 88.1 Å². The number of unbranched alkanes of at least 4 members (excludes halogenated alkanes) is 1. The lowest BCUT2D eigenvalue weighted by Gasteiger charge is -2.31. The van der Waals surface area contributed by atoms with Gasteiger partial charge in [-0.05, 0) is 92.1 Å². The smallest absolute Gasteiger partial charge is 0.351 e. The van der Waals surface area contributed by atoms with Crippen LogP contribution >= 0.6 is 37.2 Å². The van der Waals surface area contributed by atoms with Crippen molar-refractivity contribution in [3.8, 4) is 5.75 Å². The number of phenols is 1. The molecule has 2 aliphatic heterocycles. The van der Waals surface area contributed by atoms with Crippen molar-refractivity contribution >= 4 is 132 Å². The molecule has 0 aromatic heterocycles. The minimum Gasteiger partial charge on any atom is -0.508 e. The van der Waals surface area contributed by atoms with E-state index in [2.05, 4.69) is 93.5 Å². The summed E-state index contributed by atoms with van der Waals surface area (Å²) in [6, 6.07) is -5.82. The SMILES string of the molecule is CC[C@H](C)[C@@H]1NC(=O)[C@H](CC(=O)O)NC(=O)C(Cc2ccccc2)NSC(=C2C(=O)OC(C)(C)OC2=O)NC(=O)C(CCCCN)NC(=O)[C@H](CS)NC(=O)[C@H](CC(=O)O)NC(=O)[C@H](CS)NC(=O)[C@H](CO)NC(=O)C(C(C)C)NC(=O)[C@H](CCCN=C(N)N)NC(=O)C(Cc2ccc(O)cc2)NC1=O. The van der Waals surface area contributed by atoms with Crippen molar-refractivity contribution in [1.29, 1.82) is 0 Å². The second-order valence-electron chi connectivity index (χ2n) is 25.3. The van der Waals surface area contributed by atoms with E-state index < -0.39 is 214 Å². The molecule has 2 aliphatic rings. The predicted octanol–water partition coefficient (Wildman–Crippen LogP) is -4.50. The number of aliphatic hydroxyl groups excluding tert-OH is 1. The van der Waals surface area contributed by atoms with Crippen molar-refractivity contribution in [2.45, 2.75) is 178 Å². The molecule has 105 heavy (non-hydrogen) atoms. The molecule has 2 heterocycles. The summed E-state index contributed by atoms with van der Waals surface area (Å²) < 4.78 is 13.5. The number of guanidine groups is 1. The third-order valence-electron chi connectivity index (χ3n) is 16.1. The van der Waals surface area contributed by atoms with Gasteiger partial charge in [-0.25, -0.2) is 14.3 Å². The molecular formula is C65H94N16O21S3. The Morgan fingerprint density at radius 2 is 0.962 bits per heavy atom. The van der Waals surface area contributed by atoms with Crippen LogP contribution in [0.25, 0.3) is 0 Å². The molecule has 0 saturated carbocycles. The molecule has 0 bridgehead atoms. The van der Waals surface area contributed by atoms with Crippen molar-refractivity contribution < 1.29 is 102 Å². The predicted molar refractivity (Wildman–Crippen MR) is 384 cm³/mol. The maximum Gasteiger partial charge on any atom is 0.351 e. The summed E-state index contributed by atoms with van der Waals surface area (Å²) in [5.41, 5.74) is 16.7. The lowest BCUT2D eigenvalue weighted by molar-refractivity contribution is -0.222. The molecule has 11 amide bonds. The molecule has 2 saturated heterocycles. The number of nitrogens with zero attached hydrogens (tertiary/aromatic N) is 1. The number of carboxylic acid groups (broad SMARTS) is 2. The zero-order valence-electron chi connectivity index (χ0n) is 58.5. The molecule has 22 N–H and O–H groups in total. The Bertz CT molecular complexity index is 3490. The van der Waals surface area contributed by atoms with Gasteiger partial charge in [0.1, 0.15) is 77.2 Å². The van der Waals surface area contributed by atoms with E-state index in [0.29, 0.717) is 11.1 Å². The number of aliphatic carboxylic acids is 2. The number of nitrogens with two attached hydrogens (primary N) is 3. The highest BCUT2D eigenvalue weighted by molar-refractivity contribution is 8.01. The standard InChI is InChI=1S/C65H94N16O21S3/c1-7-32(4)49-60(98)74-38(24-34-18-20-35(83)21-19-34)52(90)70-37(17-13-23-69-64(67)68)50(88)78-48(31(2)3)59(97)75-42(28-82)56(94)77-44(30-104)58(96)73-39(26-45(84)85)53(91)76-43(29-103)57(95)71-36(16-11-12-22-66)51(89)80-61(47-62(99)101-65(5,6)102-63(47)100)105-81-41(25-33-14-9-8-10-15-33)55(93)72-40(27-46(86)87)54(92)79-49/h8-10,14-15,18-21,31-32,36-44,48-49,81-83,103-104H,7,11-13,16-17,22-30,66H2,1-6H3,(H,70,90)(H,71,95)(H,72,93)(H,73,96)(H,74,98)(H,75,97)(H,76,91)(H,77,94)(H,78,88)(H,79,92)(H,80,89)(H,84,85)(H,86,87)(H4,67,68,69)/t32-,36?,37-,38?,39-,40-,41?,42-,43-,44-,48?,49-/m0/s1. The van der Waals surface area contributed by atoms with Gasteiger partial charge in [0.25, 0.3) is 5.79 Å². The zero-order valence-corrected chi connectivity index (χ0v) is 61.1. The monoisotopic (exact) mass is 1530 g/mol. The van der Waals surface area contributed by atoms with Crippen LogP contribution < -0.4 is 80.4 Å². The number of cyclic esters (lactones) is 2. The number of nitrogens with one attached hydrogen (secondary N) is 12. The van der Waals surface area contributed by atoms with E-state index in [1.807, 2.05) is 0 Å². The summed E-state index contributed by atoms with van der Waals surface area (Å²) >= 11 is 8.61. The number of amides is 11. The minimum atomic E-state index is -2.04. The summed E-state index contributed by atoms with van der Waals surface area (Å²) in [7, 11) is 0. The van der Waals surface area contributed by atoms with Crippen LogP contribution in [0.2, 0.25) is 0 Å². The van der Waals surface area contributed by atoms with Crippen LogP contribution in [0.3, 0.4) is 0 Å². The fourth-order valence-electron chi connectivity index (χ4n) is 10.2. The summed E-state index contributed by atoms with van der Waals surface area (Å²) in [4.78, 5) is 215. The fraction of sp³-hybridized carbons (Fsp3) is 0.538. The van der Waals surface area contributed by atoms with Gasteiger partial charge in [-0.3, -0.25) is 67.3 Å². The molecule has 37 nitrogen and oxygen atoms in total. The first-order valence-electron chi connectivity index (χ1n) is 33.4. The normalized spacial score (nSPS) is 24.8. The van der Waals surface area contributed by atoms with Gasteiger partial charge in [0, 0.05) is 38.3 Å². The van der Waals surface area contributed by atoms with Gasteiger partial charge in [0.15, 0.2) is 11.5 Å². The number of aliphatic imine (C=N–C) groups is 1. The minimum absolute atomic E-state index is 0.0110. The van der Waals surface area contributed by atoms with E-state index in [1.54, 1.807) is 37.3 Å². The Hall–Kier alpha value is -9.77. The number of carboxylic acids is 2. The molecule has 4 unspecified atom stereocenters. The number of esters is 2. The lowest BCUT2D eigenvalue weighted by Crippen LogP contribution is -2.62. The van der Waals surface area contributed by atoms with Crippen LogP contribution in [0.4, 0.5) is 0 Å². The Morgan fingerprint density at radius 3 is 1.47 bits per heavy atom. The van der Waals surface area contributed by atoms with Gasteiger partial charge in [0.05, 0.1) is 19.4 Å². The maximum absolute atomic E-state index is 14.9. The Kier molecular flexibility index (Phi) is 35.8. The van der Waals surface area contributed by atoms with E-state index in [4.69, 9.17) is 26.7 Å². The highest BCUT2D eigenvalue weighted by atomic mass is 32.2. The molecule has 0 aliphatic carbocycles. The van der Waals surface area contributed by atoms with Crippen molar-refractivity contribution in [3.63, 3.8) is 0 Å². The first kappa shape index (κ1) is 87.6. The Labute approximate surface area is 619 Å². The fourth-order valence-corrected chi connectivity index (χ4v) is 11.6. The number of carbonyl (C=O) groups excluding carboxylic acids is 13. The number of aliphatic hydroxyl groups is 1. The van der Waals surface area contributed by atoms with E-state index in [9.17, 15) is 92.3 Å². The van der Waals surface area contributed by atoms with Gasteiger partial charge in [0.2, 0.25) is 65.0 Å². The number of phenolic OH excluding ortho intramolecular Hbond substituents is 1. The second-order valence-corrected chi connectivity index (χ2v) is 26.9. The molecule has 2 aromatic carbocycles. The first-order chi connectivity index (χ1) is 49.5. The van der Waals surface area contributed by atoms with Crippen molar-refractivity contribution in [2.24, 2.45) is 34.0 Å². The number of aromatic hydroxyl groups is 1. The van der Waals surface area contributed by atoms with Crippen LogP contribution in [0, 0.1) is 11.8 Å². The van der Waals surface area contributed by atoms with Crippen LogP contribution in [-0.2, 0) is 94.2 Å². The molecule has 578 valence electrons. The van der Waals surface area contributed by atoms with E-state index in [1.165, 1.54) is 58.9 Å². The van der Waals surface area contributed by atoms with Gasteiger partial charge < -0.3 is 106 Å². The second kappa shape index (κ2) is 42.9. The molecule has 12 atom stereocenters. The summed E-state index contributed by atoms with van der Waals surface area (Å²) in [6.45, 7) is 7.42. The van der Waals surface area contributed by atoms with Crippen molar-refractivity contribution in [1.82, 2.24) is 63.2 Å². The van der Waals surface area contributed by atoms with Crippen LogP contribution in [0.5, 0.6) is 5.75 Å². The molecule has 2 aromatic rings. The largest absolute Gasteiger partial charge is 0.508 e. The quantitative estimate of drug-likeness (QED) is 0.00772. The van der Waals surface area contributed by atoms with E-state index in [0.717, 1.165) is 0 Å². The number of rotatable bonds is 22. The Balaban J connectivity index is 1.96. The number of carbonyl (C=O) groups is 15. The molecule has 4 rings (SSSR count). The molecule has 0 spiro atoms. The maximum atomic E-state index is 14.9. The molecular weight excluding hydrogens is 1440 g/mol. The zero-order chi connectivity index (χ0) is 78.4. The van der Waals surface area contributed by atoms with Crippen LogP contribution in [-0.4, -0.2) is 219 Å². The van der Waals surface area contributed by atoms with Crippen LogP contribution in [0.15, 0.2) is 70.2 Å². The van der Waals surface area contributed by atoms with Crippen molar-refractivity contribution in [3.05, 3.63) is 76.3 Å². The number of ether oxygens (including phenoxy) is 2. The summed E-state index contributed by atoms with van der Waals surface area (Å²) in [5.74, 6) is -23.9. The van der Waals surface area contributed by atoms with Gasteiger partial charge in [-0.1, -0.05) is 76.6 Å². The van der Waals surface area contributed by atoms with Crippen molar-refractivity contribution in [2.75, 3.05) is 31.2 Å². The lowest BCUT2D eigenvalue weighted by atomic mass is 9.96. The summed E-state index contributed by atoms with van der Waals surface area (Å²) in [5, 5.41) is 66.6. The van der Waals surface area contributed by atoms with Crippen LogP contribution in [0.1, 0.15) is 104 Å². The van der Waals surface area contributed by atoms with E-state index >= 15 is 0 Å². The average Bonchev–Trinajstić information content (AvgIpc) is 0.799. The molecule has 2 fully saturated rings. The average molecular weight is 1530 g/mol. The Morgan fingerprint density at radius 1 is 0.543 bits per heavy atom. The number of hydrogen-bond acceptors (Lipinski definition) is 25. The van der Waals surface area contributed by atoms with Gasteiger partial charge >= 0.3 is 23.9 Å². The number of hydrogen-bond donors (Lipinski definition) is 21. The molecule has 0 radical (unpaired) electrons. The third-order valence-corrected chi connectivity index (χ3v) is 17.8. The highest BCUT2D eigenvalue weighted by Gasteiger charge is 2.44. The number of thiol groups is 2. The highest BCUT2D eigenvalue weighted by Crippen LogP contribution is 2.28. The van der Waals surface area contributed by atoms with Gasteiger partial charge in [-0.2, -0.15) is 25.3 Å². The first-order valence-corrected chi connectivity index (χ1v) is 35.4.